The lowest BCUT2D eigenvalue weighted by molar-refractivity contribution is 0.285. The van der Waals surface area contributed by atoms with Crippen LogP contribution in [-0.4, -0.2) is 75.5 Å². The highest BCUT2D eigenvalue weighted by Crippen LogP contribution is 2.60. The monoisotopic (exact) mass is 490 g/mol. The quantitative estimate of drug-likeness (QED) is 0.502. The standard InChI is InChI=1S/C20H26O12S/c1-25-11-9(21)12(26-2)16(30-6)19(15(11)29-5)33(23,24)20-17(31-7)13(27-3)10(22)14(28-4)18(20)32-8/h21-22H,1-8H3. The Balaban J connectivity index is 3.24. The molecule has 0 aromatic heterocycles. The topological polar surface area (TPSA) is 148 Å². The first-order chi connectivity index (χ1) is 15.7. The summed E-state index contributed by atoms with van der Waals surface area (Å²) in [6.07, 6.45) is 0. The lowest BCUT2D eigenvalue weighted by Crippen LogP contribution is -2.13. The molecule has 2 aromatic rings. The Kier molecular flexibility index (Phi) is 7.69. The van der Waals surface area contributed by atoms with Gasteiger partial charge in [-0.15, -0.1) is 0 Å². The van der Waals surface area contributed by atoms with E-state index in [4.69, 9.17) is 37.9 Å². The van der Waals surface area contributed by atoms with Crippen LogP contribution < -0.4 is 37.9 Å². The first-order valence-corrected chi connectivity index (χ1v) is 10.6. The van der Waals surface area contributed by atoms with Gasteiger partial charge in [-0.3, -0.25) is 0 Å². The second kappa shape index (κ2) is 9.90. The Hall–Kier alpha value is -3.61. The van der Waals surface area contributed by atoms with Crippen molar-refractivity contribution in [1.29, 1.82) is 0 Å². The van der Waals surface area contributed by atoms with Crippen molar-refractivity contribution in [3.8, 4) is 57.5 Å². The van der Waals surface area contributed by atoms with E-state index in [0.29, 0.717) is 0 Å². The van der Waals surface area contributed by atoms with Gasteiger partial charge in [0.15, 0.2) is 32.8 Å². The molecule has 33 heavy (non-hydrogen) atoms. The number of hydrogen-bond donors (Lipinski definition) is 2. The molecule has 0 saturated heterocycles. The molecule has 0 fully saturated rings. The maximum absolute atomic E-state index is 14.1. The summed E-state index contributed by atoms with van der Waals surface area (Å²) in [5.41, 5.74) is 0. The second-order valence-corrected chi connectivity index (χ2v) is 7.95. The fourth-order valence-corrected chi connectivity index (χ4v) is 5.23. The summed E-state index contributed by atoms with van der Waals surface area (Å²) in [5.74, 6) is -3.96. The molecule has 2 aromatic carbocycles. The molecule has 0 unspecified atom stereocenters. The Bertz CT molecular complexity index is 991. The van der Waals surface area contributed by atoms with E-state index in [1.807, 2.05) is 0 Å². The Morgan fingerprint density at radius 1 is 0.424 bits per heavy atom. The van der Waals surface area contributed by atoms with Gasteiger partial charge in [-0.25, -0.2) is 8.42 Å². The van der Waals surface area contributed by atoms with Crippen LogP contribution in [0.4, 0.5) is 0 Å². The van der Waals surface area contributed by atoms with Gasteiger partial charge >= 0.3 is 0 Å². The average Bonchev–Trinajstić information content (AvgIpc) is 2.81. The Morgan fingerprint density at radius 2 is 0.606 bits per heavy atom. The predicted octanol–water partition coefficient (Wildman–Crippen LogP) is 2.00. The third kappa shape index (κ3) is 3.77. The number of phenols is 2. The molecule has 184 valence electrons. The number of methoxy groups -OCH3 is 8. The van der Waals surface area contributed by atoms with Crippen LogP contribution in [0.25, 0.3) is 0 Å². The minimum Gasteiger partial charge on any atom is -0.501 e. The summed E-state index contributed by atoms with van der Waals surface area (Å²) >= 11 is 0. The van der Waals surface area contributed by atoms with Crippen LogP contribution in [0.5, 0.6) is 57.5 Å². The molecule has 0 saturated carbocycles. The van der Waals surface area contributed by atoms with E-state index >= 15 is 0 Å². The lowest BCUT2D eigenvalue weighted by atomic mass is 10.2. The van der Waals surface area contributed by atoms with Crippen molar-refractivity contribution in [2.75, 3.05) is 56.9 Å². The molecular weight excluding hydrogens is 464 g/mol. The molecule has 0 heterocycles. The number of sulfone groups is 1. The SMILES string of the molecule is COc1c(O)c(OC)c(OC)c(S(=O)(=O)c2c(OC)c(OC)c(O)c(OC)c2OC)c1OC. The van der Waals surface area contributed by atoms with Crippen LogP contribution in [0, 0.1) is 0 Å². The van der Waals surface area contributed by atoms with Gasteiger partial charge in [-0.05, 0) is 0 Å². The molecular formula is C20H26O12S. The molecule has 0 aliphatic carbocycles. The summed E-state index contributed by atoms with van der Waals surface area (Å²) < 4.78 is 70.1. The van der Waals surface area contributed by atoms with Gasteiger partial charge in [0.05, 0.1) is 56.9 Å². The van der Waals surface area contributed by atoms with Crippen molar-refractivity contribution in [3.63, 3.8) is 0 Å². The summed E-state index contributed by atoms with van der Waals surface area (Å²) in [4.78, 5) is -1.16. The third-order valence-electron chi connectivity index (χ3n) is 4.68. The Morgan fingerprint density at radius 3 is 0.758 bits per heavy atom. The van der Waals surface area contributed by atoms with Crippen LogP contribution in [0.15, 0.2) is 9.79 Å². The number of aromatic hydroxyl groups is 2. The van der Waals surface area contributed by atoms with Gasteiger partial charge in [-0.2, -0.15) is 0 Å². The van der Waals surface area contributed by atoms with Crippen molar-refractivity contribution < 1.29 is 56.5 Å². The van der Waals surface area contributed by atoms with E-state index in [1.54, 1.807) is 0 Å². The zero-order valence-electron chi connectivity index (χ0n) is 19.4. The van der Waals surface area contributed by atoms with Gasteiger partial charge in [0, 0.05) is 0 Å². The average molecular weight is 490 g/mol. The first kappa shape index (κ1) is 25.6. The Labute approximate surface area is 191 Å². The largest absolute Gasteiger partial charge is 0.501 e. The highest BCUT2D eigenvalue weighted by molar-refractivity contribution is 7.92. The smallest absolute Gasteiger partial charge is 0.221 e. The fourth-order valence-electron chi connectivity index (χ4n) is 3.34. The molecule has 2 N–H and O–H groups in total. The van der Waals surface area contributed by atoms with Gasteiger partial charge < -0.3 is 48.1 Å². The molecule has 0 aliphatic rings. The first-order valence-electron chi connectivity index (χ1n) is 9.09. The van der Waals surface area contributed by atoms with Gasteiger partial charge in [0.2, 0.25) is 44.3 Å². The second-order valence-electron chi connectivity index (χ2n) is 6.12. The summed E-state index contributed by atoms with van der Waals surface area (Å²) in [7, 11) is 4.79. The normalized spacial score (nSPS) is 10.9. The van der Waals surface area contributed by atoms with Crippen molar-refractivity contribution in [2.45, 2.75) is 9.79 Å². The van der Waals surface area contributed by atoms with Gasteiger partial charge in [0.25, 0.3) is 0 Å². The minimum atomic E-state index is -4.72. The molecule has 0 spiro atoms. The van der Waals surface area contributed by atoms with E-state index < -0.39 is 31.1 Å². The van der Waals surface area contributed by atoms with Crippen molar-refractivity contribution in [2.24, 2.45) is 0 Å². The lowest BCUT2D eigenvalue weighted by Gasteiger charge is -2.23. The van der Waals surface area contributed by atoms with Crippen LogP contribution in [0.3, 0.4) is 0 Å². The number of ether oxygens (including phenoxy) is 8. The molecule has 0 bridgehead atoms. The zero-order valence-corrected chi connectivity index (χ0v) is 20.2. The van der Waals surface area contributed by atoms with E-state index in [9.17, 15) is 18.6 Å². The van der Waals surface area contributed by atoms with Crippen LogP contribution in [0.2, 0.25) is 0 Å². The summed E-state index contributed by atoms with van der Waals surface area (Å²) in [5, 5.41) is 21.1. The van der Waals surface area contributed by atoms with E-state index in [0.717, 1.165) is 0 Å². The molecule has 12 nitrogen and oxygen atoms in total. The molecule has 0 radical (unpaired) electrons. The van der Waals surface area contributed by atoms with Crippen LogP contribution in [-0.2, 0) is 9.84 Å². The highest BCUT2D eigenvalue weighted by Gasteiger charge is 2.42. The number of hydrogen-bond acceptors (Lipinski definition) is 12. The number of phenolic OH excluding ortho intramolecular Hbond substituents is 2. The van der Waals surface area contributed by atoms with Gasteiger partial charge in [0.1, 0.15) is 0 Å². The maximum Gasteiger partial charge on any atom is 0.221 e. The summed E-state index contributed by atoms with van der Waals surface area (Å²) in [6, 6.07) is 0. The molecule has 0 atom stereocenters. The van der Waals surface area contributed by atoms with Crippen molar-refractivity contribution in [1.82, 2.24) is 0 Å². The fraction of sp³-hybridized carbons (Fsp3) is 0.400. The van der Waals surface area contributed by atoms with Crippen LogP contribution in [0.1, 0.15) is 0 Å². The van der Waals surface area contributed by atoms with Crippen molar-refractivity contribution in [3.05, 3.63) is 0 Å². The minimum absolute atomic E-state index is 0.329. The van der Waals surface area contributed by atoms with E-state index in [1.165, 1.54) is 56.9 Å². The van der Waals surface area contributed by atoms with Gasteiger partial charge in [-0.1, -0.05) is 0 Å². The van der Waals surface area contributed by atoms with E-state index in [2.05, 4.69) is 0 Å². The molecule has 0 aliphatic heterocycles. The third-order valence-corrected chi connectivity index (χ3v) is 6.50. The number of rotatable bonds is 10. The van der Waals surface area contributed by atoms with Crippen LogP contribution >= 0.6 is 0 Å². The summed E-state index contributed by atoms with van der Waals surface area (Å²) in [6.45, 7) is 0. The molecule has 0 amide bonds. The van der Waals surface area contributed by atoms with E-state index in [-0.39, 0.29) is 46.0 Å². The molecule has 2 rings (SSSR count). The highest BCUT2D eigenvalue weighted by atomic mass is 32.2. The molecule has 13 heteroatoms. The number of benzene rings is 2. The van der Waals surface area contributed by atoms with Crippen molar-refractivity contribution >= 4 is 9.84 Å². The zero-order chi connectivity index (χ0) is 25.1. The predicted molar refractivity (Wildman–Crippen MR) is 114 cm³/mol. The maximum atomic E-state index is 14.1.